The van der Waals surface area contributed by atoms with Crippen molar-refractivity contribution in [2.24, 2.45) is 18.7 Å². The number of nitrogens with two attached hydrogens (primary N) is 1. The van der Waals surface area contributed by atoms with Crippen molar-refractivity contribution in [1.82, 2.24) is 14.8 Å². The van der Waals surface area contributed by atoms with E-state index in [1.807, 2.05) is 18.7 Å². The lowest BCUT2D eigenvalue weighted by Crippen LogP contribution is -2.21. The Kier molecular flexibility index (Phi) is 2.87. The maximum absolute atomic E-state index is 5.96. The zero-order valence-electron chi connectivity index (χ0n) is 8.57. The molecule has 0 aromatic carbocycles. The van der Waals surface area contributed by atoms with Gasteiger partial charge in [-0.05, 0) is 5.92 Å². The van der Waals surface area contributed by atoms with E-state index in [1.165, 1.54) is 0 Å². The average Bonchev–Trinajstić information content (AvgIpc) is 2.45. The van der Waals surface area contributed by atoms with Crippen molar-refractivity contribution in [3.63, 3.8) is 0 Å². The zero-order valence-corrected chi connectivity index (χ0v) is 8.57. The van der Waals surface area contributed by atoms with Gasteiger partial charge in [-0.15, -0.1) is 10.2 Å². The number of hydrogen-bond donors (Lipinski definition) is 2. The van der Waals surface area contributed by atoms with Gasteiger partial charge in [0.15, 0.2) is 5.82 Å². The first kappa shape index (κ1) is 9.98. The number of nitrogens with one attached hydrogen (secondary N) is 1. The molecule has 1 aromatic heterocycles. The van der Waals surface area contributed by atoms with Gasteiger partial charge in [-0.1, -0.05) is 13.8 Å². The fourth-order valence-corrected chi connectivity index (χ4v) is 1.15. The second kappa shape index (κ2) is 3.74. The van der Waals surface area contributed by atoms with Crippen molar-refractivity contribution < 1.29 is 0 Å². The van der Waals surface area contributed by atoms with Crippen LogP contribution in [0.25, 0.3) is 0 Å². The highest BCUT2D eigenvalue weighted by Gasteiger charge is 2.17. The number of rotatable bonds is 3. The summed E-state index contributed by atoms with van der Waals surface area (Å²) in [5.74, 6) is 1.93. The fourth-order valence-electron chi connectivity index (χ4n) is 1.15. The molecule has 5 nitrogen and oxygen atoms in total. The zero-order chi connectivity index (χ0) is 10.0. The van der Waals surface area contributed by atoms with Crippen molar-refractivity contribution in [2.75, 3.05) is 12.4 Å². The molecule has 0 bridgehead atoms. The molecule has 74 valence electrons. The van der Waals surface area contributed by atoms with Gasteiger partial charge in [0.2, 0.25) is 5.95 Å². The Hall–Kier alpha value is -1.10. The molecule has 0 spiro atoms. The van der Waals surface area contributed by atoms with Crippen LogP contribution in [0.4, 0.5) is 5.95 Å². The third-order valence-corrected chi connectivity index (χ3v) is 2.15. The van der Waals surface area contributed by atoms with Crippen LogP contribution in [0.5, 0.6) is 0 Å². The quantitative estimate of drug-likeness (QED) is 0.716. The maximum Gasteiger partial charge on any atom is 0.224 e. The molecule has 0 fully saturated rings. The SMILES string of the molecule is CNc1nnc([C@@H](N)C(C)C)n1C. The van der Waals surface area contributed by atoms with Crippen LogP contribution in [0.2, 0.25) is 0 Å². The lowest BCUT2D eigenvalue weighted by atomic mass is 10.1. The van der Waals surface area contributed by atoms with E-state index in [0.29, 0.717) is 5.92 Å². The van der Waals surface area contributed by atoms with Gasteiger partial charge in [0.25, 0.3) is 0 Å². The third kappa shape index (κ3) is 1.80. The van der Waals surface area contributed by atoms with Gasteiger partial charge in [0, 0.05) is 14.1 Å². The summed E-state index contributed by atoms with van der Waals surface area (Å²) in [6.07, 6.45) is 0. The molecular weight excluding hydrogens is 166 g/mol. The Labute approximate surface area is 78.3 Å². The molecule has 1 heterocycles. The molecule has 0 unspecified atom stereocenters. The van der Waals surface area contributed by atoms with Gasteiger partial charge < -0.3 is 11.1 Å². The van der Waals surface area contributed by atoms with E-state index in [4.69, 9.17) is 5.73 Å². The predicted octanol–water partition coefficient (Wildman–Crippen LogP) is 0.513. The van der Waals surface area contributed by atoms with Gasteiger partial charge in [-0.25, -0.2) is 0 Å². The first-order valence-electron chi connectivity index (χ1n) is 4.40. The fraction of sp³-hybridized carbons (Fsp3) is 0.750. The normalized spacial score (nSPS) is 13.4. The van der Waals surface area contributed by atoms with Crippen LogP contribution in [-0.2, 0) is 7.05 Å². The van der Waals surface area contributed by atoms with E-state index >= 15 is 0 Å². The standard InChI is InChI=1S/C8H17N5/c1-5(2)6(9)7-11-12-8(10-3)13(7)4/h5-6H,9H2,1-4H3,(H,10,12)/t6-/m0/s1. The lowest BCUT2D eigenvalue weighted by molar-refractivity contribution is 0.477. The molecule has 0 aliphatic carbocycles. The van der Waals surface area contributed by atoms with Gasteiger partial charge >= 0.3 is 0 Å². The summed E-state index contributed by atoms with van der Waals surface area (Å²) in [7, 11) is 3.72. The molecule has 0 saturated carbocycles. The molecule has 0 radical (unpaired) electrons. The molecule has 0 amide bonds. The highest BCUT2D eigenvalue weighted by atomic mass is 15.3. The monoisotopic (exact) mass is 183 g/mol. The topological polar surface area (TPSA) is 68.8 Å². The maximum atomic E-state index is 5.96. The van der Waals surface area contributed by atoms with Crippen LogP contribution in [0.1, 0.15) is 25.7 Å². The minimum Gasteiger partial charge on any atom is -0.357 e. The lowest BCUT2D eigenvalue weighted by Gasteiger charge is -2.14. The van der Waals surface area contributed by atoms with Gasteiger partial charge in [-0.2, -0.15) is 0 Å². The van der Waals surface area contributed by atoms with Crippen molar-refractivity contribution in [3.8, 4) is 0 Å². The summed E-state index contributed by atoms with van der Waals surface area (Å²) >= 11 is 0. The van der Waals surface area contributed by atoms with E-state index in [-0.39, 0.29) is 6.04 Å². The number of anilines is 1. The van der Waals surface area contributed by atoms with Gasteiger partial charge in [-0.3, -0.25) is 4.57 Å². The minimum absolute atomic E-state index is 0.0559. The highest BCUT2D eigenvalue weighted by Crippen LogP contribution is 2.17. The van der Waals surface area contributed by atoms with Gasteiger partial charge in [0.05, 0.1) is 6.04 Å². The summed E-state index contributed by atoms with van der Waals surface area (Å²) in [5, 5.41) is 10.9. The number of nitrogens with zero attached hydrogens (tertiary/aromatic N) is 3. The van der Waals surface area contributed by atoms with E-state index in [1.54, 1.807) is 0 Å². The first-order valence-corrected chi connectivity index (χ1v) is 4.40. The van der Waals surface area contributed by atoms with Crippen LogP contribution in [0.15, 0.2) is 0 Å². The van der Waals surface area contributed by atoms with Crippen molar-refractivity contribution in [1.29, 1.82) is 0 Å². The molecule has 13 heavy (non-hydrogen) atoms. The van der Waals surface area contributed by atoms with Crippen LogP contribution >= 0.6 is 0 Å². The predicted molar refractivity (Wildman–Crippen MR) is 52.3 cm³/mol. The molecule has 1 rings (SSSR count). The molecule has 0 aliphatic heterocycles. The number of hydrogen-bond acceptors (Lipinski definition) is 4. The molecule has 1 atom stereocenters. The second-order valence-electron chi connectivity index (χ2n) is 3.46. The molecule has 3 N–H and O–H groups in total. The van der Waals surface area contributed by atoms with Crippen LogP contribution in [0.3, 0.4) is 0 Å². The largest absolute Gasteiger partial charge is 0.357 e. The Morgan fingerprint density at radius 3 is 2.38 bits per heavy atom. The van der Waals surface area contributed by atoms with Crippen molar-refractivity contribution in [2.45, 2.75) is 19.9 Å². The summed E-state index contributed by atoms with van der Waals surface area (Å²) in [6.45, 7) is 4.14. The molecule has 5 heteroatoms. The molecule has 0 saturated heterocycles. The smallest absolute Gasteiger partial charge is 0.224 e. The Balaban J connectivity index is 2.95. The summed E-state index contributed by atoms with van der Waals surface area (Å²) in [6, 6.07) is -0.0559. The van der Waals surface area contributed by atoms with Gasteiger partial charge in [0.1, 0.15) is 0 Å². The van der Waals surface area contributed by atoms with Crippen LogP contribution < -0.4 is 11.1 Å². The Bertz CT molecular complexity index is 278. The molecule has 0 aliphatic rings. The Morgan fingerprint density at radius 1 is 1.38 bits per heavy atom. The summed E-state index contributed by atoms with van der Waals surface area (Å²) in [4.78, 5) is 0. The van der Waals surface area contributed by atoms with Crippen LogP contribution in [0, 0.1) is 5.92 Å². The molecular formula is C8H17N5. The third-order valence-electron chi connectivity index (χ3n) is 2.15. The van der Waals surface area contributed by atoms with Crippen molar-refractivity contribution >= 4 is 5.95 Å². The minimum atomic E-state index is -0.0559. The van der Waals surface area contributed by atoms with Crippen molar-refractivity contribution in [3.05, 3.63) is 5.82 Å². The first-order chi connectivity index (χ1) is 6.07. The van der Waals surface area contributed by atoms with Crippen LogP contribution in [-0.4, -0.2) is 21.8 Å². The number of aromatic nitrogens is 3. The molecule has 1 aromatic rings. The average molecular weight is 183 g/mol. The van der Waals surface area contributed by atoms with E-state index < -0.39 is 0 Å². The Morgan fingerprint density at radius 2 is 2.00 bits per heavy atom. The van der Waals surface area contributed by atoms with E-state index in [0.717, 1.165) is 11.8 Å². The summed E-state index contributed by atoms with van der Waals surface area (Å²) < 4.78 is 1.88. The highest BCUT2D eigenvalue weighted by molar-refractivity contribution is 5.24. The second-order valence-corrected chi connectivity index (χ2v) is 3.46. The summed E-state index contributed by atoms with van der Waals surface area (Å²) in [5.41, 5.74) is 5.96. The van der Waals surface area contributed by atoms with E-state index in [2.05, 4.69) is 29.4 Å². The van der Waals surface area contributed by atoms with E-state index in [9.17, 15) is 0 Å².